The van der Waals surface area contributed by atoms with Crippen LogP contribution in [0.15, 0.2) is 57.5 Å². The molecule has 1 aromatic heterocycles. The Bertz CT molecular complexity index is 1090. The van der Waals surface area contributed by atoms with E-state index in [-0.39, 0.29) is 18.0 Å². The third-order valence-corrected chi connectivity index (χ3v) is 4.42. The lowest BCUT2D eigenvalue weighted by Crippen LogP contribution is -2.06. The summed E-state index contributed by atoms with van der Waals surface area (Å²) in [6.07, 6.45) is 3.92. The summed E-state index contributed by atoms with van der Waals surface area (Å²) in [5, 5.41) is 10.6. The summed E-state index contributed by atoms with van der Waals surface area (Å²) in [7, 11) is 0. The first kappa shape index (κ1) is 16.3. The number of ether oxygens (including phenoxy) is 2. The van der Waals surface area contributed by atoms with Crippen molar-refractivity contribution in [2.45, 2.75) is 20.3 Å². The van der Waals surface area contributed by atoms with Crippen molar-refractivity contribution in [1.82, 2.24) is 0 Å². The highest BCUT2D eigenvalue weighted by molar-refractivity contribution is 5.86. The molecule has 5 nitrogen and oxygen atoms in total. The molecule has 0 amide bonds. The minimum atomic E-state index is -0.149. The standard InChI is InChI=1S/C21H18O5/c1-12(2)3-5-14-17(22)7-6-15-20(23)16(10-24-21(14)15)13-4-8-18-19(9-13)26-11-25-18/h3-4,6-10,22H,5,11H2,1-2H3. The van der Waals surface area contributed by atoms with Gasteiger partial charge in [-0.3, -0.25) is 4.79 Å². The monoisotopic (exact) mass is 350 g/mol. The van der Waals surface area contributed by atoms with Gasteiger partial charge in [-0.15, -0.1) is 0 Å². The second-order valence-electron chi connectivity index (χ2n) is 6.47. The molecule has 0 spiro atoms. The lowest BCUT2D eigenvalue weighted by atomic mass is 10.0. The summed E-state index contributed by atoms with van der Waals surface area (Å²) >= 11 is 0. The van der Waals surface area contributed by atoms with E-state index in [1.54, 1.807) is 24.3 Å². The van der Waals surface area contributed by atoms with Crippen molar-refractivity contribution in [3.05, 3.63) is 64.0 Å². The van der Waals surface area contributed by atoms with Gasteiger partial charge in [-0.25, -0.2) is 0 Å². The van der Waals surface area contributed by atoms with Gasteiger partial charge in [-0.1, -0.05) is 17.7 Å². The molecule has 4 rings (SSSR count). The number of rotatable bonds is 3. The van der Waals surface area contributed by atoms with Gasteiger partial charge in [-0.05, 0) is 50.1 Å². The van der Waals surface area contributed by atoms with Crippen LogP contribution in [-0.4, -0.2) is 11.9 Å². The van der Waals surface area contributed by atoms with Crippen LogP contribution in [0.2, 0.25) is 0 Å². The Balaban J connectivity index is 1.87. The minimum absolute atomic E-state index is 0.119. The smallest absolute Gasteiger partial charge is 0.231 e. The second-order valence-corrected chi connectivity index (χ2v) is 6.47. The van der Waals surface area contributed by atoms with Crippen LogP contribution < -0.4 is 14.9 Å². The Morgan fingerprint density at radius 2 is 1.96 bits per heavy atom. The lowest BCUT2D eigenvalue weighted by Gasteiger charge is -2.08. The van der Waals surface area contributed by atoms with E-state index in [1.165, 1.54) is 12.3 Å². The minimum Gasteiger partial charge on any atom is -0.508 e. The zero-order chi connectivity index (χ0) is 18.3. The van der Waals surface area contributed by atoms with Crippen molar-refractivity contribution in [2.24, 2.45) is 0 Å². The summed E-state index contributed by atoms with van der Waals surface area (Å²) in [6.45, 7) is 4.14. The van der Waals surface area contributed by atoms with E-state index in [0.29, 0.717) is 45.6 Å². The Hall–Kier alpha value is -3.21. The number of hydrogen-bond acceptors (Lipinski definition) is 5. The average Bonchev–Trinajstić information content (AvgIpc) is 3.08. The lowest BCUT2D eigenvalue weighted by molar-refractivity contribution is 0.174. The van der Waals surface area contributed by atoms with Gasteiger partial charge in [-0.2, -0.15) is 0 Å². The molecule has 0 radical (unpaired) electrons. The van der Waals surface area contributed by atoms with Crippen LogP contribution in [0, 0.1) is 0 Å². The molecule has 0 unspecified atom stereocenters. The van der Waals surface area contributed by atoms with Crippen LogP contribution >= 0.6 is 0 Å². The number of fused-ring (bicyclic) bond motifs is 2. The van der Waals surface area contributed by atoms with E-state index >= 15 is 0 Å². The average molecular weight is 350 g/mol. The molecule has 0 bridgehead atoms. The van der Waals surface area contributed by atoms with Crippen LogP contribution in [0.1, 0.15) is 19.4 Å². The first-order valence-corrected chi connectivity index (χ1v) is 8.34. The molecule has 0 aliphatic carbocycles. The zero-order valence-corrected chi connectivity index (χ0v) is 14.5. The fourth-order valence-corrected chi connectivity index (χ4v) is 3.01. The fourth-order valence-electron chi connectivity index (χ4n) is 3.01. The van der Waals surface area contributed by atoms with Gasteiger partial charge >= 0.3 is 0 Å². The third kappa shape index (κ3) is 2.71. The first-order valence-electron chi connectivity index (χ1n) is 8.34. The van der Waals surface area contributed by atoms with Crippen molar-refractivity contribution >= 4 is 11.0 Å². The van der Waals surface area contributed by atoms with Gasteiger partial charge < -0.3 is 19.0 Å². The molecule has 2 aromatic carbocycles. The topological polar surface area (TPSA) is 68.9 Å². The van der Waals surface area contributed by atoms with Crippen LogP contribution in [0.3, 0.4) is 0 Å². The molecule has 1 aliphatic heterocycles. The highest BCUT2D eigenvalue weighted by atomic mass is 16.7. The maximum atomic E-state index is 13.0. The molecule has 2 heterocycles. The molecule has 1 aliphatic rings. The first-order chi connectivity index (χ1) is 12.5. The number of phenolic OH excluding ortho intramolecular Hbond substituents is 1. The van der Waals surface area contributed by atoms with E-state index < -0.39 is 0 Å². The summed E-state index contributed by atoms with van der Waals surface area (Å²) in [4.78, 5) is 13.0. The van der Waals surface area contributed by atoms with E-state index in [9.17, 15) is 9.90 Å². The Morgan fingerprint density at radius 1 is 1.15 bits per heavy atom. The molecule has 0 saturated carbocycles. The molecule has 3 aromatic rings. The molecule has 1 N–H and O–H groups in total. The molecule has 0 fully saturated rings. The van der Waals surface area contributed by atoms with Gasteiger partial charge in [0.1, 0.15) is 17.6 Å². The van der Waals surface area contributed by atoms with E-state index in [0.717, 1.165) is 5.57 Å². The number of allylic oxidation sites excluding steroid dienone is 2. The Kier molecular flexibility index (Phi) is 3.92. The highest BCUT2D eigenvalue weighted by Gasteiger charge is 2.18. The number of hydrogen-bond donors (Lipinski definition) is 1. The highest BCUT2D eigenvalue weighted by Crippen LogP contribution is 2.36. The van der Waals surface area contributed by atoms with Crippen LogP contribution in [0.25, 0.3) is 22.1 Å². The predicted octanol–water partition coefficient (Wildman–Crippen LogP) is 4.40. The Morgan fingerprint density at radius 3 is 2.77 bits per heavy atom. The SMILES string of the molecule is CC(C)=CCc1c(O)ccc2c(=O)c(-c3ccc4c(c3)OCO4)coc12. The molecule has 0 atom stereocenters. The van der Waals surface area contributed by atoms with Crippen LogP contribution in [0.4, 0.5) is 0 Å². The summed E-state index contributed by atoms with van der Waals surface area (Å²) in [5.41, 5.74) is 3.14. The Labute approximate surface area is 150 Å². The maximum absolute atomic E-state index is 13.0. The van der Waals surface area contributed by atoms with Gasteiger partial charge in [0.05, 0.1) is 10.9 Å². The molecule has 0 saturated heterocycles. The molecular weight excluding hydrogens is 332 g/mol. The van der Waals surface area contributed by atoms with Crippen molar-refractivity contribution in [3.63, 3.8) is 0 Å². The quantitative estimate of drug-likeness (QED) is 0.709. The molecule has 132 valence electrons. The van der Waals surface area contributed by atoms with Crippen molar-refractivity contribution in [1.29, 1.82) is 0 Å². The van der Waals surface area contributed by atoms with Crippen molar-refractivity contribution in [2.75, 3.05) is 6.79 Å². The van der Waals surface area contributed by atoms with E-state index in [4.69, 9.17) is 13.9 Å². The van der Waals surface area contributed by atoms with Gasteiger partial charge in [0.15, 0.2) is 11.5 Å². The fraction of sp³-hybridized carbons (Fsp3) is 0.190. The second kappa shape index (κ2) is 6.26. The van der Waals surface area contributed by atoms with Gasteiger partial charge in [0.25, 0.3) is 0 Å². The molecule has 5 heteroatoms. The largest absolute Gasteiger partial charge is 0.508 e. The van der Waals surface area contributed by atoms with Crippen molar-refractivity contribution < 1.29 is 19.0 Å². The van der Waals surface area contributed by atoms with Gasteiger partial charge in [0, 0.05) is 5.56 Å². The summed E-state index contributed by atoms with van der Waals surface area (Å²) in [6, 6.07) is 8.48. The summed E-state index contributed by atoms with van der Waals surface area (Å²) < 4.78 is 16.5. The predicted molar refractivity (Wildman–Crippen MR) is 98.8 cm³/mol. The maximum Gasteiger partial charge on any atom is 0.231 e. The third-order valence-electron chi connectivity index (χ3n) is 4.42. The number of benzene rings is 2. The van der Waals surface area contributed by atoms with Crippen molar-refractivity contribution in [3.8, 4) is 28.4 Å². The zero-order valence-electron chi connectivity index (χ0n) is 14.5. The van der Waals surface area contributed by atoms with E-state index in [2.05, 4.69) is 0 Å². The molecular formula is C21H18O5. The van der Waals surface area contributed by atoms with E-state index in [1.807, 2.05) is 19.9 Å². The number of phenols is 1. The van der Waals surface area contributed by atoms with Gasteiger partial charge in [0.2, 0.25) is 12.2 Å². The van der Waals surface area contributed by atoms with Crippen LogP contribution in [-0.2, 0) is 6.42 Å². The summed E-state index contributed by atoms with van der Waals surface area (Å²) in [5.74, 6) is 1.39. The van der Waals surface area contributed by atoms with Crippen LogP contribution in [0.5, 0.6) is 17.2 Å². The number of aromatic hydroxyl groups is 1. The molecule has 26 heavy (non-hydrogen) atoms. The normalized spacial score (nSPS) is 12.4.